The molecule has 0 unspecified atom stereocenters. The summed E-state index contributed by atoms with van der Waals surface area (Å²) in [7, 11) is -3.51. The molecule has 0 atom stereocenters. The molecule has 2 rings (SSSR count). The van der Waals surface area contributed by atoms with Crippen molar-refractivity contribution in [1.82, 2.24) is 4.72 Å². The molecule has 1 fully saturated rings. The summed E-state index contributed by atoms with van der Waals surface area (Å²) in [4.78, 5) is 11.4. The van der Waals surface area contributed by atoms with Gasteiger partial charge < -0.3 is 0 Å². The lowest BCUT2D eigenvalue weighted by Gasteiger charge is -2.11. The van der Waals surface area contributed by atoms with Crippen molar-refractivity contribution in [3.63, 3.8) is 0 Å². The van der Waals surface area contributed by atoms with Gasteiger partial charge in [-0.1, -0.05) is 25.0 Å². The summed E-state index contributed by atoms with van der Waals surface area (Å²) in [6.45, 7) is 1.92. The lowest BCUT2D eigenvalue weighted by molar-refractivity contribution is 0.101. The zero-order valence-electron chi connectivity index (χ0n) is 11.1. The van der Waals surface area contributed by atoms with Gasteiger partial charge in [-0.3, -0.25) is 4.79 Å². The predicted molar refractivity (Wildman–Crippen MR) is 73.6 cm³/mol. The zero-order valence-corrected chi connectivity index (χ0v) is 11.9. The first-order chi connectivity index (χ1) is 8.99. The fourth-order valence-corrected chi connectivity index (χ4v) is 3.57. The minimum atomic E-state index is -3.51. The molecule has 1 aromatic carbocycles. The molecule has 19 heavy (non-hydrogen) atoms. The van der Waals surface area contributed by atoms with E-state index in [9.17, 15) is 13.2 Å². The normalized spacial score (nSPS) is 16.7. The molecule has 4 nitrogen and oxygen atoms in total. The zero-order chi connectivity index (χ0) is 13.9. The average Bonchev–Trinajstić information content (AvgIpc) is 2.90. The van der Waals surface area contributed by atoms with Crippen molar-refractivity contribution in [1.29, 1.82) is 0 Å². The molecule has 104 valence electrons. The Kier molecular flexibility index (Phi) is 4.37. The first-order valence-electron chi connectivity index (χ1n) is 6.60. The topological polar surface area (TPSA) is 63.2 Å². The standard InChI is InChI=1S/C14H19NO3S/c1-11(16)13-7-4-8-14(9-13)19(17,18)15-10-12-5-2-3-6-12/h4,7-9,12,15H,2-3,5-6,10H2,1H3. The fourth-order valence-electron chi connectivity index (χ4n) is 2.41. The molecule has 0 bridgehead atoms. The Labute approximate surface area is 114 Å². The molecular formula is C14H19NO3S. The van der Waals surface area contributed by atoms with Crippen LogP contribution in [0, 0.1) is 5.92 Å². The minimum Gasteiger partial charge on any atom is -0.295 e. The van der Waals surface area contributed by atoms with Crippen molar-refractivity contribution < 1.29 is 13.2 Å². The van der Waals surface area contributed by atoms with Crippen LogP contribution in [0.2, 0.25) is 0 Å². The van der Waals surface area contributed by atoms with E-state index < -0.39 is 10.0 Å². The summed E-state index contributed by atoms with van der Waals surface area (Å²) in [6, 6.07) is 6.17. The Hall–Kier alpha value is -1.20. The van der Waals surface area contributed by atoms with Gasteiger partial charge in [-0.2, -0.15) is 0 Å². The van der Waals surface area contributed by atoms with E-state index in [4.69, 9.17) is 0 Å². The van der Waals surface area contributed by atoms with E-state index in [1.165, 1.54) is 31.9 Å². The van der Waals surface area contributed by atoms with Gasteiger partial charge in [0.25, 0.3) is 0 Å². The van der Waals surface area contributed by atoms with Crippen molar-refractivity contribution in [2.45, 2.75) is 37.5 Å². The second kappa shape index (κ2) is 5.84. The number of carbonyl (C=O) groups is 1. The second-order valence-electron chi connectivity index (χ2n) is 5.09. The molecule has 1 N–H and O–H groups in total. The number of carbonyl (C=O) groups excluding carboxylic acids is 1. The lowest BCUT2D eigenvalue weighted by Crippen LogP contribution is -2.28. The molecule has 1 aliphatic carbocycles. The van der Waals surface area contributed by atoms with Crippen LogP contribution in [0.3, 0.4) is 0 Å². The molecule has 0 aromatic heterocycles. The largest absolute Gasteiger partial charge is 0.295 e. The average molecular weight is 281 g/mol. The van der Waals surface area contributed by atoms with E-state index in [0.29, 0.717) is 18.0 Å². The van der Waals surface area contributed by atoms with Crippen LogP contribution in [0.25, 0.3) is 0 Å². The predicted octanol–water partition coefficient (Wildman–Crippen LogP) is 2.36. The van der Waals surface area contributed by atoms with Gasteiger partial charge in [0, 0.05) is 12.1 Å². The molecule has 0 heterocycles. The number of hydrogen-bond acceptors (Lipinski definition) is 3. The first kappa shape index (κ1) is 14.2. The summed E-state index contributed by atoms with van der Waals surface area (Å²) >= 11 is 0. The molecule has 5 heteroatoms. The first-order valence-corrected chi connectivity index (χ1v) is 8.08. The summed E-state index contributed by atoms with van der Waals surface area (Å²) in [5.41, 5.74) is 0.420. The van der Waals surface area contributed by atoms with Gasteiger partial charge in [-0.15, -0.1) is 0 Å². The van der Waals surface area contributed by atoms with Crippen LogP contribution in [-0.2, 0) is 10.0 Å². The Morgan fingerprint density at radius 3 is 2.63 bits per heavy atom. The van der Waals surface area contributed by atoms with E-state index in [1.54, 1.807) is 12.1 Å². The number of sulfonamides is 1. The molecule has 0 spiro atoms. The smallest absolute Gasteiger partial charge is 0.240 e. The summed E-state index contributed by atoms with van der Waals surface area (Å²) < 4.78 is 26.9. The molecule has 0 aliphatic heterocycles. The van der Waals surface area contributed by atoms with E-state index in [2.05, 4.69) is 4.72 Å². The van der Waals surface area contributed by atoms with Crippen molar-refractivity contribution in [2.24, 2.45) is 5.92 Å². The summed E-state index contributed by atoms with van der Waals surface area (Å²) in [6.07, 6.45) is 4.56. The third kappa shape index (κ3) is 3.64. The van der Waals surface area contributed by atoms with Crippen molar-refractivity contribution >= 4 is 15.8 Å². The minimum absolute atomic E-state index is 0.132. The monoisotopic (exact) mass is 281 g/mol. The highest BCUT2D eigenvalue weighted by molar-refractivity contribution is 7.89. The van der Waals surface area contributed by atoms with Gasteiger partial charge >= 0.3 is 0 Å². The van der Waals surface area contributed by atoms with Crippen LogP contribution in [0.15, 0.2) is 29.2 Å². The van der Waals surface area contributed by atoms with Gasteiger partial charge in [0.15, 0.2) is 5.78 Å². The molecule has 1 aliphatic rings. The molecular weight excluding hydrogens is 262 g/mol. The highest BCUT2D eigenvalue weighted by Gasteiger charge is 2.20. The maximum atomic E-state index is 12.1. The third-order valence-corrected chi connectivity index (χ3v) is 5.01. The molecule has 1 aromatic rings. The third-order valence-electron chi connectivity index (χ3n) is 3.59. The Morgan fingerprint density at radius 2 is 2.00 bits per heavy atom. The van der Waals surface area contributed by atoms with Gasteiger partial charge in [-0.05, 0) is 37.8 Å². The van der Waals surface area contributed by atoms with Gasteiger partial charge in [-0.25, -0.2) is 13.1 Å². The van der Waals surface area contributed by atoms with Gasteiger partial charge in [0.05, 0.1) is 4.90 Å². The number of rotatable bonds is 5. The quantitative estimate of drug-likeness (QED) is 0.843. The Morgan fingerprint density at radius 1 is 1.32 bits per heavy atom. The van der Waals surface area contributed by atoms with E-state index >= 15 is 0 Å². The van der Waals surface area contributed by atoms with Crippen LogP contribution in [0.4, 0.5) is 0 Å². The number of nitrogens with one attached hydrogen (secondary N) is 1. The number of hydrogen-bond donors (Lipinski definition) is 1. The number of benzene rings is 1. The van der Waals surface area contributed by atoms with Crippen LogP contribution >= 0.6 is 0 Å². The molecule has 1 saturated carbocycles. The van der Waals surface area contributed by atoms with Crippen molar-refractivity contribution in [3.8, 4) is 0 Å². The summed E-state index contributed by atoms with van der Waals surface area (Å²) in [5.74, 6) is 0.318. The maximum absolute atomic E-state index is 12.1. The number of ketones is 1. The lowest BCUT2D eigenvalue weighted by atomic mass is 10.1. The highest BCUT2D eigenvalue weighted by atomic mass is 32.2. The van der Waals surface area contributed by atoms with Crippen LogP contribution < -0.4 is 4.72 Å². The number of Topliss-reactive ketones (excluding diaryl/α,β-unsaturated/α-hetero) is 1. The molecule has 0 radical (unpaired) electrons. The maximum Gasteiger partial charge on any atom is 0.240 e. The molecule has 0 saturated heterocycles. The van der Waals surface area contributed by atoms with Crippen molar-refractivity contribution in [2.75, 3.05) is 6.54 Å². The highest BCUT2D eigenvalue weighted by Crippen LogP contribution is 2.24. The fraction of sp³-hybridized carbons (Fsp3) is 0.500. The van der Waals surface area contributed by atoms with Crippen LogP contribution in [0.5, 0.6) is 0 Å². The Bertz CT molecular complexity index is 560. The van der Waals surface area contributed by atoms with Gasteiger partial charge in [0.2, 0.25) is 10.0 Å². The van der Waals surface area contributed by atoms with Crippen LogP contribution in [0.1, 0.15) is 43.0 Å². The van der Waals surface area contributed by atoms with E-state index in [0.717, 1.165) is 12.8 Å². The molecule has 0 amide bonds. The Balaban J connectivity index is 2.09. The SMILES string of the molecule is CC(=O)c1cccc(S(=O)(=O)NCC2CCCC2)c1. The van der Waals surface area contributed by atoms with E-state index in [-0.39, 0.29) is 10.7 Å². The van der Waals surface area contributed by atoms with Crippen molar-refractivity contribution in [3.05, 3.63) is 29.8 Å². The summed E-state index contributed by atoms with van der Waals surface area (Å²) in [5, 5.41) is 0. The van der Waals surface area contributed by atoms with Gasteiger partial charge in [0.1, 0.15) is 0 Å². The van der Waals surface area contributed by atoms with Crippen LogP contribution in [-0.4, -0.2) is 20.7 Å². The second-order valence-corrected chi connectivity index (χ2v) is 6.85. The van der Waals surface area contributed by atoms with E-state index in [1.807, 2.05) is 0 Å².